The van der Waals surface area contributed by atoms with Gasteiger partial charge < -0.3 is 20.9 Å². The summed E-state index contributed by atoms with van der Waals surface area (Å²) in [6.07, 6.45) is 2.40. The number of carbonyl (C=O) groups excluding carboxylic acids is 2. The number of amides is 2. The average molecular weight is 549 g/mol. The van der Waals surface area contributed by atoms with Crippen molar-refractivity contribution in [3.8, 4) is 0 Å². The summed E-state index contributed by atoms with van der Waals surface area (Å²) in [4.78, 5) is 29.0. The largest absolute Gasteiger partial charge is 0.350 e. The summed E-state index contributed by atoms with van der Waals surface area (Å²) in [6.45, 7) is 2.58. The molecule has 1 aliphatic rings. The summed E-state index contributed by atoms with van der Waals surface area (Å²) in [6, 6.07) is 34.4. The van der Waals surface area contributed by atoms with Crippen molar-refractivity contribution < 1.29 is 9.59 Å². The first-order valence-electron chi connectivity index (χ1n) is 14.7. The molecule has 4 aromatic rings. The highest BCUT2D eigenvalue weighted by molar-refractivity contribution is 5.98. The molecule has 0 radical (unpaired) electrons. The lowest BCUT2D eigenvalue weighted by atomic mass is 9.90. The summed E-state index contributed by atoms with van der Waals surface area (Å²) in [5, 5.41) is 12.1. The van der Waals surface area contributed by atoms with E-state index in [2.05, 4.69) is 64.5 Å². The highest BCUT2D eigenvalue weighted by Crippen LogP contribution is 2.27. The molecular formula is C35H40N4O2. The predicted octanol–water partition coefficient (Wildman–Crippen LogP) is 4.96. The van der Waals surface area contributed by atoms with E-state index in [0.29, 0.717) is 25.2 Å². The Morgan fingerprint density at radius 3 is 2.24 bits per heavy atom. The number of carbonyl (C=O) groups is 2. The lowest BCUT2D eigenvalue weighted by molar-refractivity contribution is -0.133. The van der Waals surface area contributed by atoms with Crippen LogP contribution in [0.4, 0.5) is 0 Å². The zero-order chi connectivity index (χ0) is 28.4. The molecule has 2 atom stereocenters. The van der Waals surface area contributed by atoms with E-state index < -0.39 is 0 Å². The van der Waals surface area contributed by atoms with Crippen LogP contribution in [-0.2, 0) is 4.79 Å². The van der Waals surface area contributed by atoms with Gasteiger partial charge in [-0.3, -0.25) is 9.59 Å². The second-order valence-electron chi connectivity index (χ2n) is 10.9. The SMILES string of the molecule is CNCCC[C@@H]1NC(CNC(=O)c2ccc3ccccc3c2)CCN(CC(c2ccccc2)c2ccccc2)C1=O. The highest BCUT2D eigenvalue weighted by Gasteiger charge is 2.32. The monoisotopic (exact) mass is 548 g/mol. The van der Waals surface area contributed by atoms with Crippen LogP contribution in [0.1, 0.15) is 46.7 Å². The molecule has 4 aromatic carbocycles. The molecule has 0 aliphatic carbocycles. The zero-order valence-electron chi connectivity index (χ0n) is 23.8. The Morgan fingerprint density at radius 2 is 1.56 bits per heavy atom. The molecule has 0 aromatic heterocycles. The minimum absolute atomic E-state index is 0.000146. The Hall–Kier alpha value is -4.00. The number of nitrogens with one attached hydrogen (secondary N) is 3. The van der Waals surface area contributed by atoms with Gasteiger partial charge in [-0.2, -0.15) is 0 Å². The lowest BCUT2D eigenvalue weighted by Gasteiger charge is -2.29. The van der Waals surface area contributed by atoms with Crippen molar-refractivity contribution in [2.45, 2.75) is 37.3 Å². The third-order valence-electron chi connectivity index (χ3n) is 8.04. The van der Waals surface area contributed by atoms with Crippen LogP contribution in [-0.4, -0.2) is 62.0 Å². The van der Waals surface area contributed by atoms with Gasteiger partial charge in [0, 0.05) is 37.2 Å². The molecule has 0 spiro atoms. The van der Waals surface area contributed by atoms with E-state index in [1.54, 1.807) is 0 Å². The number of fused-ring (bicyclic) bond motifs is 1. The average Bonchev–Trinajstić information content (AvgIpc) is 3.17. The maximum atomic E-state index is 13.9. The Balaban J connectivity index is 1.30. The number of hydrogen-bond acceptors (Lipinski definition) is 4. The molecule has 41 heavy (non-hydrogen) atoms. The maximum absolute atomic E-state index is 13.9. The standard InChI is InChI=1S/C35H40N4O2/c1-36-21-10-17-33-35(41)39(25-32(27-12-4-2-5-13-27)28-14-6-3-7-15-28)22-20-31(38-33)24-37-34(40)30-19-18-26-11-8-9-16-29(26)23-30/h2-9,11-16,18-19,23,31-33,36,38H,10,17,20-22,24-25H2,1H3,(H,37,40)/t31?,33-/m0/s1. The Kier molecular flexibility index (Phi) is 9.78. The van der Waals surface area contributed by atoms with Crippen LogP contribution in [0.3, 0.4) is 0 Å². The van der Waals surface area contributed by atoms with E-state index in [0.717, 1.165) is 36.6 Å². The third-order valence-corrected chi connectivity index (χ3v) is 8.04. The van der Waals surface area contributed by atoms with Crippen LogP contribution in [0, 0.1) is 0 Å². The Morgan fingerprint density at radius 1 is 0.902 bits per heavy atom. The van der Waals surface area contributed by atoms with Gasteiger partial charge in [0.05, 0.1) is 6.04 Å². The number of benzene rings is 4. The van der Waals surface area contributed by atoms with Crippen LogP contribution in [0.15, 0.2) is 103 Å². The van der Waals surface area contributed by atoms with Gasteiger partial charge in [0.25, 0.3) is 5.91 Å². The number of rotatable bonds is 11. The molecule has 1 unspecified atom stereocenters. The van der Waals surface area contributed by atoms with Gasteiger partial charge in [-0.05, 0) is 66.9 Å². The molecule has 1 saturated heterocycles. The molecule has 0 saturated carbocycles. The molecule has 6 nitrogen and oxygen atoms in total. The zero-order valence-corrected chi connectivity index (χ0v) is 23.8. The van der Waals surface area contributed by atoms with Gasteiger partial charge in [0.1, 0.15) is 0 Å². The molecule has 1 heterocycles. The van der Waals surface area contributed by atoms with E-state index in [4.69, 9.17) is 0 Å². The highest BCUT2D eigenvalue weighted by atomic mass is 16.2. The van der Waals surface area contributed by atoms with E-state index in [1.807, 2.05) is 66.5 Å². The van der Waals surface area contributed by atoms with Crippen molar-refractivity contribution in [1.29, 1.82) is 0 Å². The summed E-state index contributed by atoms with van der Waals surface area (Å²) in [5.74, 6) is 0.134. The first-order chi connectivity index (χ1) is 20.1. The Labute approximate surface area is 243 Å². The molecular weight excluding hydrogens is 508 g/mol. The van der Waals surface area contributed by atoms with E-state index in [9.17, 15) is 9.59 Å². The van der Waals surface area contributed by atoms with Gasteiger partial charge >= 0.3 is 0 Å². The van der Waals surface area contributed by atoms with Crippen LogP contribution in [0.5, 0.6) is 0 Å². The maximum Gasteiger partial charge on any atom is 0.251 e. The molecule has 5 rings (SSSR count). The van der Waals surface area contributed by atoms with E-state index in [1.165, 1.54) is 11.1 Å². The van der Waals surface area contributed by atoms with E-state index >= 15 is 0 Å². The minimum atomic E-state index is -0.291. The fourth-order valence-corrected chi connectivity index (χ4v) is 5.76. The number of hydrogen-bond donors (Lipinski definition) is 3. The van der Waals surface area contributed by atoms with E-state index in [-0.39, 0.29) is 29.8 Å². The van der Waals surface area contributed by atoms with Gasteiger partial charge in [-0.1, -0.05) is 91.0 Å². The molecule has 2 amide bonds. The summed E-state index contributed by atoms with van der Waals surface area (Å²) in [5.41, 5.74) is 3.05. The molecule has 6 heteroatoms. The topological polar surface area (TPSA) is 73.5 Å². The fraction of sp³-hybridized carbons (Fsp3) is 0.314. The molecule has 212 valence electrons. The summed E-state index contributed by atoms with van der Waals surface area (Å²) < 4.78 is 0. The van der Waals surface area contributed by atoms with Crippen molar-refractivity contribution >= 4 is 22.6 Å². The summed E-state index contributed by atoms with van der Waals surface area (Å²) in [7, 11) is 1.93. The molecule has 0 bridgehead atoms. The Bertz CT molecular complexity index is 1390. The van der Waals surface area contributed by atoms with Gasteiger partial charge in [-0.15, -0.1) is 0 Å². The van der Waals surface area contributed by atoms with Crippen LogP contribution >= 0.6 is 0 Å². The van der Waals surface area contributed by atoms with Crippen molar-refractivity contribution in [2.24, 2.45) is 0 Å². The normalized spacial score (nSPS) is 17.5. The van der Waals surface area contributed by atoms with Crippen LogP contribution in [0.2, 0.25) is 0 Å². The first kappa shape index (κ1) is 28.5. The predicted molar refractivity (Wildman–Crippen MR) is 166 cm³/mol. The smallest absolute Gasteiger partial charge is 0.251 e. The molecule has 3 N–H and O–H groups in total. The second kappa shape index (κ2) is 14.1. The summed E-state index contributed by atoms with van der Waals surface area (Å²) >= 11 is 0. The van der Waals surface area contributed by atoms with Crippen LogP contribution in [0.25, 0.3) is 10.8 Å². The van der Waals surface area contributed by atoms with Gasteiger partial charge in [0.15, 0.2) is 0 Å². The van der Waals surface area contributed by atoms with Gasteiger partial charge in [0.2, 0.25) is 5.91 Å². The quantitative estimate of drug-likeness (QED) is 0.232. The second-order valence-corrected chi connectivity index (χ2v) is 10.9. The van der Waals surface area contributed by atoms with Crippen molar-refractivity contribution in [3.05, 3.63) is 120 Å². The lowest BCUT2D eigenvalue weighted by Crippen LogP contribution is -2.49. The minimum Gasteiger partial charge on any atom is -0.350 e. The van der Waals surface area contributed by atoms with Crippen molar-refractivity contribution in [2.75, 3.05) is 33.2 Å². The molecule has 1 fully saturated rings. The van der Waals surface area contributed by atoms with Crippen molar-refractivity contribution in [1.82, 2.24) is 20.9 Å². The van der Waals surface area contributed by atoms with Gasteiger partial charge in [-0.25, -0.2) is 0 Å². The fourth-order valence-electron chi connectivity index (χ4n) is 5.76. The van der Waals surface area contributed by atoms with Crippen molar-refractivity contribution in [3.63, 3.8) is 0 Å². The third kappa shape index (κ3) is 7.40. The van der Waals surface area contributed by atoms with Crippen LogP contribution < -0.4 is 16.0 Å². The first-order valence-corrected chi connectivity index (χ1v) is 14.7. The number of nitrogens with zero attached hydrogens (tertiary/aromatic N) is 1. The molecule has 1 aliphatic heterocycles.